The van der Waals surface area contributed by atoms with Crippen LogP contribution in [0.1, 0.15) is 25.6 Å². The van der Waals surface area contributed by atoms with E-state index >= 15 is 0 Å². The van der Waals surface area contributed by atoms with Gasteiger partial charge in [-0.05, 0) is 25.6 Å². The largest absolute Gasteiger partial charge is 0.476 e. The number of aryl methyl sites for hydroxylation is 1. The van der Waals surface area contributed by atoms with Crippen molar-refractivity contribution in [1.29, 1.82) is 0 Å². The van der Waals surface area contributed by atoms with Gasteiger partial charge in [0.1, 0.15) is 11.4 Å². The molecule has 0 radical (unpaired) electrons. The summed E-state index contributed by atoms with van der Waals surface area (Å²) in [5.74, 6) is 0.885. The minimum atomic E-state index is 0.278. The van der Waals surface area contributed by atoms with E-state index in [9.17, 15) is 0 Å². The zero-order chi connectivity index (χ0) is 14.5. The van der Waals surface area contributed by atoms with Gasteiger partial charge in [-0.2, -0.15) is 4.98 Å². The lowest BCUT2D eigenvalue weighted by Gasteiger charge is -2.17. The molecule has 0 bridgehead atoms. The second kappa shape index (κ2) is 6.85. The van der Waals surface area contributed by atoms with E-state index in [1.165, 1.54) is 4.88 Å². The molecule has 0 saturated carbocycles. The number of likely N-dealkylation sites (N-methyl/N-ethyl adjacent to an activating group) is 1. The van der Waals surface area contributed by atoms with Gasteiger partial charge in [-0.3, -0.25) is 0 Å². The molecule has 0 spiro atoms. The second-order valence-electron chi connectivity index (χ2n) is 4.55. The number of thiophene rings is 1. The Kier molecular flexibility index (Phi) is 5.14. The maximum atomic E-state index is 5.83. The third kappa shape index (κ3) is 3.37. The first kappa shape index (κ1) is 15.0. The minimum Gasteiger partial charge on any atom is -0.476 e. The Bertz CT molecular complexity index is 566. The van der Waals surface area contributed by atoms with E-state index in [-0.39, 0.29) is 5.95 Å². The van der Waals surface area contributed by atoms with Crippen LogP contribution < -0.4 is 10.5 Å². The summed E-state index contributed by atoms with van der Waals surface area (Å²) < 4.78 is 5.83. The predicted molar refractivity (Wildman–Crippen MR) is 84.5 cm³/mol. The molecule has 2 aromatic heterocycles. The van der Waals surface area contributed by atoms with Crippen LogP contribution in [0.25, 0.3) is 10.2 Å². The van der Waals surface area contributed by atoms with Crippen molar-refractivity contribution >= 4 is 27.5 Å². The van der Waals surface area contributed by atoms with Crippen molar-refractivity contribution in [3.8, 4) is 5.88 Å². The lowest BCUT2D eigenvalue weighted by Crippen LogP contribution is -2.28. The average molecular weight is 294 g/mol. The van der Waals surface area contributed by atoms with Gasteiger partial charge in [0.25, 0.3) is 0 Å². The third-order valence-electron chi connectivity index (χ3n) is 3.32. The molecule has 0 saturated heterocycles. The van der Waals surface area contributed by atoms with Gasteiger partial charge < -0.3 is 15.4 Å². The zero-order valence-electron chi connectivity index (χ0n) is 12.3. The van der Waals surface area contributed by atoms with E-state index in [4.69, 9.17) is 10.5 Å². The van der Waals surface area contributed by atoms with Crippen LogP contribution in [0.15, 0.2) is 6.07 Å². The molecule has 0 atom stereocenters. The smallest absolute Gasteiger partial charge is 0.227 e. The van der Waals surface area contributed by atoms with E-state index in [1.807, 2.05) is 0 Å². The van der Waals surface area contributed by atoms with Crippen molar-refractivity contribution in [2.24, 2.45) is 0 Å². The van der Waals surface area contributed by atoms with E-state index in [0.717, 1.165) is 36.3 Å². The molecule has 0 amide bonds. The molecule has 0 aliphatic rings. The summed E-state index contributed by atoms with van der Waals surface area (Å²) in [4.78, 5) is 13.0. The summed E-state index contributed by atoms with van der Waals surface area (Å²) in [6.45, 7) is 9.99. The van der Waals surface area contributed by atoms with Gasteiger partial charge in [-0.15, -0.1) is 11.3 Å². The molecule has 0 unspecified atom stereocenters. The standard InChI is InChI=1S/C14H22N4OS/c1-4-10-9-11-12(16-14(15)17-13(11)20-10)19-8-7-18(5-2)6-3/h9H,4-8H2,1-3H3,(H2,15,16,17). The summed E-state index contributed by atoms with van der Waals surface area (Å²) in [5, 5.41) is 0.973. The third-order valence-corrected chi connectivity index (χ3v) is 4.49. The van der Waals surface area contributed by atoms with Crippen molar-refractivity contribution in [2.75, 3.05) is 32.0 Å². The highest BCUT2D eigenvalue weighted by Gasteiger charge is 2.11. The highest BCUT2D eigenvalue weighted by molar-refractivity contribution is 7.18. The molecule has 6 heteroatoms. The Morgan fingerprint density at radius 2 is 2.00 bits per heavy atom. The first-order chi connectivity index (χ1) is 9.67. The molecule has 110 valence electrons. The van der Waals surface area contributed by atoms with Gasteiger partial charge in [-0.25, -0.2) is 4.98 Å². The lowest BCUT2D eigenvalue weighted by molar-refractivity contribution is 0.220. The summed E-state index contributed by atoms with van der Waals surface area (Å²) in [5.41, 5.74) is 5.75. The first-order valence-electron chi connectivity index (χ1n) is 7.09. The molecule has 2 rings (SSSR count). The molecule has 0 aliphatic carbocycles. The number of nitrogens with zero attached hydrogens (tertiary/aromatic N) is 3. The number of nitrogens with two attached hydrogens (primary N) is 1. The Morgan fingerprint density at radius 1 is 1.25 bits per heavy atom. The molecule has 0 aromatic carbocycles. The molecular formula is C14H22N4OS. The van der Waals surface area contributed by atoms with Gasteiger partial charge in [0, 0.05) is 11.4 Å². The number of hydrogen-bond donors (Lipinski definition) is 1. The minimum absolute atomic E-state index is 0.278. The fourth-order valence-corrected chi connectivity index (χ4v) is 3.02. The van der Waals surface area contributed by atoms with Crippen molar-refractivity contribution in [3.05, 3.63) is 10.9 Å². The Balaban J connectivity index is 2.14. The molecule has 0 aliphatic heterocycles. The molecule has 5 nitrogen and oxygen atoms in total. The van der Waals surface area contributed by atoms with Gasteiger partial charge in [0.15, 0.2) is 0 Å². The quantitative estimate of drug-likeness (QED) is 0.850. The van der Waals surface area contributed by atoms with Crippen molar-refractivity contribution in [2.45, 2.75) is 27.2 Å². The van der Waals surface area contributed by atoms with Crippen LogP contribution in [-0.2, 0) is 6.42 Å². The number of fused-ring (bicyclic) bond motifs is 1. The summed E-state index contributed by atoms with van der Waals surface area (Å²) in [6.07, 6.45) is 0.986. The fourth-order valence-electron chi connectivity index (χ4n) is 2.06. The first-order valence-corrected chi connectivity index (χ1v) is 7.90. The molecule has 0 fully saturated rings. The maximum absolute atomic E-state index is 5.83. The second-order valence-corrected chi connectivity index (χ2v) is 5.66. The van der Waals surface area contributed by atoms with E-state index in [2.05, 4.69) is 41.7 Å². The van der Waals surface area contributed by atoms with Crippen LogP contribution in [0.2, 0.25) is 0 Å². The maximum Gasteiger partial charge on any atom is 0.227 e. The molecular weight excluding hydrogens is 272 g/mol. The molecule has 2 aromatic rings. The monoisotopic (exact) mass is 294 g/mol. The van der Waals surface area contributed by atoms with Gasteiger partial charge in [0.05, 0.1) is 5.39 Å². The van der Waals surface area contributed by atoms with Crippen molar-refractivity contribution in [1.82, 2.24) is 14.9 Å². The highest BCUT2D eigenvalue weighted by Crippen LogP contribution is 2.31. The summed E-state index contributed by atoms with van der Waals surface area (Å²) in [6, 6.07) is 2.10. The van der Waals surface area contributed by atoms with Crippen molar-refractivity contribution in [3.63, 3.8) is 0 Å². The number of hydrogen-bond acceptors (Lipinski definition) is 6. The van der Waals surface area contributed by atoms with Crippen LogP contribution in [0.5, 0.6) is 5.88 Å². The van der Waals surface area contributed by atoms with E-state index in [0.29, 0.717) is 12.5 Å². The van der Waals surface area contributed by atoms with Crippen LogP contribution in [0.4, 0.5) is 5.95 Å². The number of aromatic nitrogens is 2. The van der Waals surface area contributed by atoms with Crippen LogP contribution in [0.3, 0.4) is 0 Å². The number of ether oxygens (including phenoxy) is 1. The Morgan fingerprint density at radius 3 is 2.65 bits per heavy atom. The van der Waals surface area contributed by atoms with Gasteiger partial charge >= 0.3 is 0 Å². The Hall–Kier alpha value is -1.40. The van der Waals surface area contributed by atoms with Crippen LogP contribution in [-0.4, -0.2) is 41.1 Å². The normalized spacial score (nSPS) is 11.4. The highest BCUT2D eigenvalue weighted by atomic mass is 32.1. The molecule has 20 heavy (non-hydrogen) atoms. The molecule has 2 N–H and O–H groups in total. The number of anilines is 1. The number of rotatable bonds is 7. The van der Waals surface area contributed by atoms with Gasteiger partial charge in [0.2, 0.25) is 11.8 Å². The van der Waals surface area contributed by atoms with Crippen molar-refractivity contribution < 1.29 is 4.74 Å². The average Bonchev–Trinajstić information content (AvgIpc) is 2.86. The summed E-state index contributed by atoms with van der Waals surface area (Å²) >= 11 is 1.65. The number of nitrogen functional groups attached to an aromatic ring is 1. The van der Waals surface area contributed by atoms with E-state index < -0.39 is 0 Å². The summed E-state index contributed by atoms with van der Waals surface area (Å²) in [7, 11) is 0. The SMILES string of the molecule is CCc1cc2c(OCCN(CC)CC)nc(N)nc2s1. The van der Waals surface area contributed by atoms with Gasteiger partial charge in [-0.1, -0.05) is 20.8 Å². The lowest BCUT2D eigenvalue weighted by atomic mass is 10.3. The predicted octanol–water partition coefficient (Wildman–Crippen LogP) is 2.56. The van der Waals surface area contributed by atoms with Crippen LogP contribution >= 0.6 is 11.3 Å². The topological polar surface area (TPSA) is 64.3 Å². The molecule has 2 heterocycles. The Labute approximate surface area is 123 Å². The van der Waals surface area contributed by atoms with E-state index in [1.54, 1.807) is 11.3 Å². The van der Waals surface area contributed by atoms with Crippen LogP contribution in [0, 0.1) is 0 Å². The fraction of sp³-hybridized carbons (Fsp3) is 0.571. The zero-order valence-corrected chi connectivity index (χ0v) is 13.2.